The maximum atomic E-state index is 13.2. The lowest BCUT2D eigenvalue weighted by Crippen LogP contribution is -2.22. The van der Waals surface area contributed by atoms with Gasteiger partial charge in [0, 0.05) is 20.9 Å². The van der Waals surface area contributed by atoms with Gasteiger partial charge in [0.15, 0.2) is 11.5 Å². The highest BCUT2D eigenvalue weighted by molar-refractivity contribution is 9.10. The van der Waals surface area contributed by atoms with Crippen molar-refractivity contribution >= 4 is 83.8 Å². The highest BCUT2D eigenvalue weighted by Crippen LogP contribution is 2.42. The van der Waals surface area contributed by atoms with Gasteiger partial charge in [-0.1, -0.05) is 63.7 Å². The van der Waals surface area contributed by atoms with Gasteiger partial charge in [0.25, 0.3) is 5.56 Å². The quantitative estimate of drug-likeness (QED) is 0.187. The van der Waals surface area contributed by atoms with Crippen molar-refractivity contribution < 1.29 is 9.47 Å². The van der Waals surface area contributed by atoms with Crippen molar-refractivity contribution in [3.63, 3.8) is 0 Å². The zero-order valence-corrected chi connectivity index (χ0v) is 24.4. The van der Waals surface area contributed by atoms with E-state index in [0.717, 1.165) is 10.0 Å². The van der Waals surface area contributed by atoms with Crippen LogP contribution in [-0.2, 0) is 13.0 Å². The molecule has 186 valence electrons. The Morgan fingerprint density at radius 2 is 1.86 bits per heavy atom. The normalized spacial score (nSPS) is 11.4. The van der Waals surface area contributed by atoms with E-state index in [1.807, 2.05) is 19.1 Å². The number of ether oxygens (including phenoxy) is 2. The predicted octanol–water partition coefficient (Wildman–Crippen LogP) is 7.91. The molecule has 0 bridgehead atoms. The van der Waals surface area contributed by atoms with Crippen molar-refractivity contribution in [2.45, 2.75) is 20.0 Å². The van der Waals surface area contributed by atoms with Gasteiger partial charge in [0.05, 0.1) is 34.3 Å². The molecule has 0 saturated heterocycles. The summed E-state index contributed by atoms with van der Waals surface area (Å²) in [6.45, 7) is 2.11. The molecule has 4 rings (SSSR count). The van der Waals surface area contributed by atoms with Gasteiger partial charge < -0.3 is 9.47 Å². The molecule has 6 nitrogen and oxygen atoms in total. The van der Waals surface area contributed by atoms with Crippen molar-refractivity contribution in [1.29, 1.82) is 0 Å². The van der Waals surface area contributed by atoms with Crippen LogP contribution in [0.25, 0.3) is 10.9 Å². The summed E-state index contributed by atoms with van der Waals surface area (Å²) in [6, 6.07) is 12.3. The topological polar surface area (TPSA) is 65.7 Å². The van der Waals surface area contributed by atoms with Gasteiger partial charge in [-0.2, -0.15) is 9.78 Å². The maximum absolute atomic E-state index is 13.2. The van der Waals surface area contributed by atoms with Crippen molar-refractivity contribution in [2.75, 3.05) is 7.11 Å². The molecular weight excluding hydrogens is 656 g/mol. The molecule has 3 aromatic carbocycles. The minimum absolute atomic E-state index is 0.195. The van der Waals surface area contributed by atoms with Crippen LogP contribution in [0.15, 0.2) is 61.3 Å². The van der Waals surface area contributed by atoms with Gasteiger partial charge in [-0.3, -0.25) is 4.79 Å². The maximum Gasteiger partial charge on any atom is 0.282 e. The van der Waals surface area contributed by atoms with Crippen LogP contribution >= 0.6 is 66.7 Å². The van der Waals surface area contributed by atoms with Gasteiger partial charge in [-0.25, -0.2) is 4.98 Å². The summed E-state index contributed by atoms with van der Waals surface area (Å²) in [7, 11) is 1.51. The number of rotatable bonds is 7. The SMILES string of the molecule is CCc1nc2ccc(Br)cc2c(=O)n1N=Cc1cc(OC)c(OCc2ccc(Cl)c(Cl)c2)c(Cl)c1Br. The Bertz CT molecular complexity index is 1560. The van der Waals surface area contributed by atoms with Crippen LogP contribution in [0.1, 0.15) is 23.9 Å². The Balaban J connectivity index is 1.70. The Labute approximate surface area is 239 Å². The zero-order chi connectivity index (χ0) is 26.0. The van der Waals surface area contributed by atoms with Crippen LogP contribution in [-0.4, -0.2) is 23.0 Å². The molecule has 0 fully saturated rings. The molecule has 0 aliphatic heterocycles. The molecule has 11 heteroatoms. The average molecular weight is 675 g/mol. The molecule has 0 atom stereocenters. The third kappa shape index (κ3) is 5.58. The van der Waals surface area contributed by atoms with Gasteiger partial charge >= 0.3 is 0 Å². The minimum atomic E-state index is -0.273. The number of methoxy groups -OCH3 is 1. The van der Waals surface area contributed by atoms with Gasteiger partial charge in [-0.05, 0) is 57.9 Å². The van der Waals surface area contributed by atoms with E-state index in [0.29, 0.717) is 59.8 Å². The number of hydrogen-bond acceptors (Lipinski definition) is 5. The monoisotopic (exact) mass is 671 g/mol. The Hall–Kier alpha value is -2.10. The first kappa shape index (κ1) is 26.9. The van der Waals surface area contributed by atoms with Crippen molar-refractivity contribution in [3.8, 4) is 11.5 Å². The van der Waals surface area contributed by atoms with Crippen LogP contribution in [0.4, 0.5) is 0 Å². The van der Waals surface area contributed by atoms with Crippen LogP contribution < -0.4 is 15.0 Å². The minimum Gasteiger partial charge on any atom is -0.493 e. The number of nitrogens with zero attached hydrogens (tertiary/aromatic N) is 3. The molecular formula is C25H18Br2Cl3N3O3. The van der Waals surface area contributed by atoms with Crippen molar-refractivity contribution in [2.24, 2.45) is 5.10 Å². The van der Waals surface area contributed by atoms with Gasteiger partial charge in [-0.15, -0.1) is 0 Å². The molecule has 4 aromatic rings. The lowest BCUT2D eigenvalue weighted by molar-refractivity contribution is 0.284. The van der Waals surface area contributed by atoms with E-state index in [1.165, 1.54) is 18.0 Å². The number of hydrogen-bond donors (Lipinski definition) is 0. The number of fused-ring (bicyclic) bond motifs is 1. The van der Waals surface area contributed by atoms with Crippen LogP contribution in [0.2, 0.25) is 15.1 Å². The highest BCUT2D eigenvalue weighted by Gasteiger charge is 2.18. The summed E-state index contributed by atoms with van der Waals surface area (Å²) >= 11 is 25.6. The summed E-state index contributed by atoms with van der Waals surface area (Å²) in [5.41, 5.74) is 1.74. The van der Waals surface area contributed by atoms with E-state index in [9.17, 15) is 4.79 Å². The molecule has 0 spiro atoms. The van der Waals surface area contributed by atoms with E-state index >= 15 is 0 Å². The second-order valence-electron chi connectivity index (χ2n) is 7.57. The Kier molecular flexibility index (Phi) is 8.63. The third-order valence-electron chi connectivity index (χ3n) is 5.25. The Morgan fingerprint density at radius 1 is 1.08 bits per heavy atom. The number of aryl methyl sites for hydroxylation is 1. The van der Waals surface area contributed by atoms with Crippen LogP contribution in [0, 0.1) is 0 Å². The van der Waals surface area contributed by atoms with Gasteiger partial charge in [0.1, 0.15) is 17.5 Å². The molecule has 0 amide bonds. The molecule has 0 aliphatic rings. The standard InChI is InChI=1S/C25H18Br2Cl3N3O3/c1-3-21-32-19-7-5-15(26)10-16(19)25(34)33(21)31-11-14-9-20(35-2)24(23(30)22(14)27)36-12-13-4-6-17(28)18(29)8-13/h4-11H,3,12H2,1-2H3. The van der Waals surface area contributed by atoms with Crippen molar-refractivity contribution in [3.05, 3.63) is 93.8 Å². The second-order valence-corrected chi connectivity index (χ2v) is 10.5. The smallest absolute Gasteiger partial charge is 0.282 e. The lowest BCUT2D eigenvalue weighted by Gasteiger charge is -2.15. The van der Waals surface area contributed by atoms with E-state index in [-0.39, 0.29) is 12.2 Å². The summed E-state index contributed by atoms with van der Waals surface area (Å²) in [6.07, 6.45) is 2.04. The summed E-state index contributed by atoms with van der Waals surface area (Å²) in [5, 5.41) is 6.07. The van der Waals surface area contributed by atoms with Crippen LogP contribution in [0.3, 0.4) is 0 Å². The summed E-state index contributed by atoms with van der Waals surface area (Å²) in [5.74, 6) is 1.27. The first-order valence-corrected chi connectivity index (χ1v) is 13.3. The molecule has 0 N–H and O–H groups in total. The number of aromatic nitrogens is 2. The molecule has 0 radical (unpaired) electrons. The fraction of sp³-hybridized carbons (Fsp3) is 0.160. The number of halogens is 5. The lowest BCUT2D eigenvalue weighted by atomic mass is 10.2. The number of benzene rings is 3. The molecule has 0 aliphatic carbocycles. The molecule has 0 saturated carbocycles. The average Bonchev–Trinajstić information content (AvgIpc) is 2.87. The highest BCUT2D eigenvalue weighted by atomic mass is 79.9. The predicted molar refractivity (Wildman–Crippen MR) is 153 cm³/mol. The van der Waals surface area contributed by atoms with Crippen LogP contribution in [0.5, 0.6) is 11.5 Å². The molecule has 0 unspecified atom stereocenters. The molecule has 1 heterocycles. The molecule has 36 heavy (non-hydrogen) atoms. The van der Waals surface area contributed by atoms with E-state index in [1.54, 1.807) is 30.3 Å². The van der Waals surface area contributed by atoms with Gasteiger partial charge in [0.2, 0.25) is 0 Å². The third-order valence-corrected chi connectivity index (χ3v) is 7.92. The molecule has 1 aromatic heterocycles. The summed E-state index contributed by atoms with van der Waals surface area (Å²) in [4.78, 5) is 17.8. The first-order valence-electron chi connectivity index (χ1n) is 10.6. The van der Waals surface area contributed by atoms with E-state index < -0.39 is 0 Å². The van der Waals surface area contributed by atoms with E-state index in [4.69, 9.17) is 44.3 Å². The second kappa shape index (κ2) is 11.5. The van der Waals surface area contributed by atoms with Crippen molar-refractivity contribution in [1.82, 2.24) is 9.66 Å². The summed E-state index contributed by atoms with van der Waals surface area (Å²) < 4.78 is 14.1. The fourth-order valence-electron chi connectivity index (χ4n) is 3.43. The van der Waals surface area contributed by atoms with E-state index in [2.05, 4.69) is 41.9 Å². The largest absolute Gasteiger partial charge is 0.493 e. The first-order chi connectivity index (χ1) is 17.2. The Morgan fingerprint density at radius 3 is 2.56 bits per heavy atom. The fourth-order valence-corrected chi connectivity index (χ4v) is 4.77. The zero-order valence-electron chi connectivity index (χ0n) is 19.0.